The molecule has 62 valence electrons. The van der Waals surface area contributed by atoms with E-state index in [0.29, 0.717) is 5.69 Å². The first-order valence-electron chi connectivity index (χ1n) is 3.89. The number of anilines is 1. The van der Waals surface area contributed by atoms with Crippen molar-refractivity contribution in [3.63, 3.8) is 0 Å². The van der Waals surface area contributed by atoms with Gasteiger partial charge in [-0.15, -0.1) is 0 Å². The molecule has 0 atom stereocenters. The summed E-state index contributed by atoms with van der Waals surface area (Å²) in [6.07, 6.45) is 4.23. The molecule has 0 fully saturated rings. The summed E-state index contributed by atoms with van der Waals surface area (Å²) in [5, 5.41) is 0. The highest BCUT2D eigenvalue weighted by Crippen LogP contribution is 2.16. The van der Waals surface area contributed by atoms with E-state index in [4.69, 9.17) is 5.73 Å². The van der Waals surface area contributed by atoms with Crippen LogP contribution in [0.4, 0.5) is 5.69 Å². The highest BCUT2D eigenvalue weighted by molar-refractivity contribution is 5.85. The Morgan fingerprint density at radius 3 is 3.00 bits per heavy atom. The summed E-state index contributed by atoms with van der Waals surface area (Å²) in [5.41, 5.74) is 8.04. The Labute approximate surface area is 69.8 Å². The Hall–Kier alpha value is -1.58. The van der Waals surface area contributed by atoms with Gasteiger partial charge in [0.05, 0.1) is 23.6 Å². The fourth-order valence-corrected chi connectivity index (χ4v) is 1.17. The highest BCUT2D eigenvalue weighted by Gasteiger charge is 2.03. The second kappa shape index (κ2) is 2.48. The molecule has 0 saturated heterocycles. The lowest BCUT2D eigenvalue weighted by Crippen LogP contribution is -1.87. The number of pyridine rings is 1. The van der Waals surface area contributed by atoms with Crippen LogP contribution in [0.3, 0.4) is 0 Å². The number of rotatable bonds is 1. The molecule has 3 N–H and O–H groups in total. The van der Waals surface area contributed by atoms with Gasteiger partial charge >= 0.3 is 0 Å². The van der Waals surface area contributed by atoms with Crippen molar-refractivity contribution in [1.82, 2.24) is 15.0 Å². The number of nitrogen functional groups attached to an aromatic ring is 1. The molecule has 0 aliphatic heterocycles. The number of nitrogens with zero attached hydrogens (tertiary/aromatic N) is 2. The Morgan fingerprint density at radius 2 is 2.33 bits per heavy atom. The molecular formula is C8H10N4. The van der Waals surface area contributed by atoms with Crippen LogP contribution in [0, 0.1) is 0 Å². The molecule has 0 bridgehead atoms. The molecule has 0 spiro atoms. The molecular weight excluding hydrogens is 152 g/mol. The Morgan fingerprint density at radius 1 is 1.50 bits per heavy atom. The van der Waals surface area contributed by atoms with Crippen LogP contribution in [0.5, 0.6) is 0 Å². The fourth-order valence-electron chi connectivity index (χ4n) is 1.17. The van der Waals surface area contributed by atoms with E-state index in [1.165, 1.54) is 0 Å². The molecule has 0 saturated carbocycles. The summed E-state index contributed by atoms with van der Waals surface area (Å²) < 4.78 is 0. The first-order chi connectivity index (χ1) is 5.81. The number of aromatic amines is 1. The van der Waals surface area contributed by atoms with Gasteiger partial charge in [0.2, 0.25) is 0 Å². The van der Waals surface area contributed by atoms with Crippen LogP contribution in [0.1, 0.15) is 12.7 Å². The fraction of sp³-hybridized carbons (Fsp3) is 0.250. The minimum atomic E-state index is 0.628. The van der Waals surface area contributed by atoms with Crippen molar-refractivity contribution in [3.8, 4) is 0 Å². The number of H-pyrrole nitrogens is 1. The predicted octanol–water partition coefficient (Wildman–Crippen LogP) is 1.10. The number of aromatic nitrogens is 3. The third-order valence-electron chi connectivity index (χ3n) is 1.81. The van der Waals surface area contributed by atoms with Crippen molar-refractivity contribution >= 4 is 16.7 Å². The molecule has 2 aromatic rings. The molecule has 0 unspecified atom stereocenters. The van der Waals surface area contributed by atoms with Gasteiger partial charge in [-0.05, 0) is 0 Å². The predicted molar refractivity (Wildman–Crippen MR) is 47.7 cm³/mol. The standard InChI is InChI=1S/C8H10N4/c1-2-7-11-6-4-10-3-5(9)8(6)12-7/h3-4H,2,9H2,1H3,(H,11,12). The summed E-state index contributed by atoms with van der Waals surface area (Å²) in [5.74, 6) is 0.949. The van der Waals surface area contributed by atoms with Gasteiger partial charge in [-0.3, -0.25) is 4.98 Å². The van der Waals surface area contributed by atoms with Crippen molar-refractivity contribution < 1.29 is 0 Å². The van der Waals surface area contributed by atoms with Gasteiger partial charge in [-0.25, -0.2) is 4.98 Å². The minimum absolute atomic E-state index is 0.628. The number of imidazole rings is 1. The van der Waals surface area contributed by atoms with Crippen molar-refractivity contribution in [2.75, 3.05) is 5.73 Å². The number of hydrogen-bond donors (Lipinski definition) is 2. The maximum atomic E-state index is 5.68. The van der Waals surface area contributed by atoms with Gasteiger partial charge in [-0.2, -0.15) is 0 Å². The number of nitrogens with one attached hydrogen (secondary N) is 1. The molecule has 0 aliphatic carbocycles. The number of nitrogens with two attached hydrogens (primary N) is 1. The molecule has 0 aliphatic rings. The van der Waals surface area contributed by atoms with E-state index < -0.39 is 0 Å². The van der Waals surface area contributed by atoms with Crippen LogP contribution in [0.15, 0.2) is 12.4 Å². The zero-order valence-electron chi connectivity index (χ0n) is 6.83. The van der Waals surface area contributed by atoms with E-state index in [1.807, 2.05) is 6.92 Å². The lowest BCUT2D eigenvalue weighted by Gasteiger charge is -1.90. The molecule has 4 heteroatoms. The Bertz CT molecular complexity index is 404. The maximum Gasteiger partial charge on any atom is 0.115 e. The zero-order chi connectivity index (χ0) is 8.55. The first-order valence-corrected chi connectivity index (χ1v) is 3.89. The van der Waals surface area contributed by atoms with Crippen molar-refractivity contribution in [2.24, 2.45) is 0 Å². The topological polar surface area (TPSA) is 67.6 Å². The van der Waals surface area contributed by atoms with Crippen molar-refractivity contribution in [1.29, 1.82) is 0 Å². The third-order valence-corrected chi connectivity index (χ3v) is 1.81. The van der Waals surface area contributed by atoms with Crippen LogP contribution in [-0.2, 0) is 6.42 Å². The van der Waals surface area contributed by atoms with E-state index in [2.05, 4.69) is 15.0 Å². The third kappa shape index (κ3) is 0.922. The van der Waals surface area contributed by atoms with Gasteiger partial charge in [0.1, 0.15) is 11.3 Å². The van der Waals surface area contributed by atoms with Crippen molar-refractivity contribution in [3.05, 3.63) is 18.2 Å². The van der Waals surface area contributed by atoms with Crippen LogP contribution in [0.2, 0.25) is 0 Å². The summed E-state index contributed by atoms with van der Waals surface area (Å²) >= 11 is 0. The van der Waals surface area contributed by atoms with E-state index in [-0.39, 0.29) is 0 Å². The second-order valence-electron chi connectivity index (χ2n) is 2.66. The number of aryl methyl sites for hydroxylation is 1. The maximum absolute atomic E-state index is 5.68. The SMILES string of the molecule is CCc1nc2c(N)cncc2[nH]1. The largest absolute Gasteiger partial charge is 0.396 e. The van der Waals surface area contributed by atoms with Crippen LogP contribution in [-0.4, -0.2) is 15.0 Å². The highest BCUT2D eigenvalue weighted by atomic mass is 14.9. The van der Waals surface area contributed by atoms with Gasteiger partial charge in [0.15, 0.2) is 0 Å². The molecule has 12 heavy (non-hydrogen) atoms. The lowest BCUT2D eigenvalue weighted by molar-refractivity contribution is 1.00. The molecule has 2 rings (SSSR count). The molecule has 0 amide bonds. The molecule has 2 heterocycles. The summed E-state index contributed by atoms with van der Waals surface area (Å²) in [6.45, 7) is 2.04. The molecule has 0 aromatic carbocycles. The smallest absolute Gasteiger partial charge is 0.115 e. The molecule has 0 radical (unpaired) electrons. The van der Waals surface area contributed by atoms with E-state index in [0.717, 1.165) is 23.3 Å². The average Bonchev–Trinajstić information content (AvgIpc) is 2.49. The van der Waals surface area contributed by atoms with Crippen LogP contribution >= 0.6 is 0 Å². The van der Waals surface area contributed by atoms with Gasteiger partial charge in [0, 0.05) is 6.42 Å². The Balaban J connectivity index is 2.74. The molecule has 4 nitrogen and oxygen atoms in total. The average molecular weight is 162 g/mol. The number of fused-ring (bicyclic) bond motifs is 1. The monoisotopic (exact) mass is 162 g/mol. The second-order valence-corrected chi connectivity index (χ2v) is 2.66. The minimum Gasteiger partial charge on any atom is -0.396 e. The number of hydrogen-bond acceptors (Lipinski definition) is 3. The summed E-state index contributed by atoms with van der Waals surface area (Å²) in [6, 6.07) is 0. The van der Waals surface area contributed by atoms with E-state index in [9.17, 15) is 0 Å². The van der Waals surface area contributed by atoms with Crippen LogP contribution in [0.25, 0.3) is 11.0 Å². The van der Waals surface area contributed by atoms with E-state index in [1.54, 1.807) is 12.4 Å². The Kier molecular flexibility index (Phi) is 1.46. The van der Waals surface area contributed by atoms with Gasteiger partial charge in [0.25, 0.3) is 0 Å². The zero-order valence-corrected chi connectivity index (χ0v) is 6.83. The normalized spacial score (nSPS) is 10.8. The lowest BCUT2D eigenvalue weighted by atomic mass is 10.4. The summed E-state index contributed by atoms with van der Waals surface area (Å²) in [7, 11) is 0. The van der Waals surface area contributed by atoms with Gasteiger partial charge in [-0.1, -0.05) is 6.92 Å². The first kappa shape index (κ1) is 7.09. The van der Waals surface area contributed by atoms with Gasteiger partial charge < -0.3 is 10.7 Å². The summed E-state index contributed by atoms with van der Waals surface area (Å²) in [4.78, 5) is 11.4. The quantitative estimate of drug-likeness (QED) is 0.659. The van der Waals surface area contributed by atoms with E-state index >= 15 is 0 Å². The van der Waals surface area contributed by atoms with Crippen molar-refractivity contribution in [2.45, 2.75) is 13.3 Å². The van der Waals surface area contributed by atoms with Crippen LogP contribution < -0.4 is 5.73 Å². The molecule has 2 aromatic heterocycles.